The van der Waals surface area contributed by atoms with E-state index in [1.165, 1.54) is 18.2 Å². The average Bonchev–Trinajstić information content (AvgIpc) is 2.17. The summed E-state index contributed by atoms with van der Waals surface area (Å²) < 4.78 is 0. The number of hydrogen-bond donors (Lipinski definition) is 1. The van der Waals surface area contributed by atoms with Gasteiger partial charge in [-0.05, 0) is 24.1 Å². The predicted molar refractivity (Wildman–Crippen MR) is 46.4 cm³/mol. The highest BCUT2D eigenvalue weighted by Crippen LogP contribution is 2.15. The van der Waals surface area contributed by atoms with Crippen LogP contribution in [0.5, 0.6) is 5.75 Å². The van der Waals surface area contributed by atoms with Gasteiger partial charge in [-0.2, -0.15) is 0 Å². The Balaban J connectivity index is 3.18. The summed E-state index contributed by atoms with van der Waals surface area (Å²) in [6, 6.07) is 4.24. The molecule has 0 amide bonds. The van der Waals surface area contributed by atoms with Crippen molar-refractivity contribution in [1.82, 2.24) is 0 Å². The van der Waals surface area contributed by atoms with Crippen molar-refractivity contribution in [3.05, 3.63) is 29.3 Å². The van der Waals surface area contributed by atoms with Crippen LogP contribution >= 0.6 is 0 Å². The Kier molecular flexibility index (Phi) is 2.82. The molecule has 1 rings (SSSR count). The number of phenols is 1. The summed E-state index contributed by atoms with van der Waals surface area (Å²) in [5, 5.41) is 9.22. The van der Waals surface area contributed by atoms with Crippen molar-refractivity contribution in [2.45, 2.75) is 0 Å². The highest BCUT2D eigenvalue weighted by molar-refractivity contribution is 5.78. The summed E-state index contributed by atoms with van der Waals surface area (Å²) in [7, 11) is 0. The zero-order chi connectivity index (χ0) is 9.68. The van der Waals surface area contributed by atoms with Gasteiger partial charge in [0.15, 0.2) is 6.29 Å². The van der Waals surface area contributed by atoms with E-state index in [9.17, 15) is 14.7 Å². The first kappa shape index (κ1) is 9.01. The third-order valence-electron chi connectivity index (χ3n) is 1.42. The number of phenolic OH excluding ortho intramolecular Hbond substituents is 1. The van der Waals surface area contributed by atoms with Gasteiger partial charge in [-0.25, -0.2) is 0 Å². The zero-order valence-electron chi connectivity index (χ0n) is 6.65. The van der Waals surface area contributed by atoms with E-state index in [1.54, 1.807) is 0 Å². The second-order valence-electron chi connectivity index (χ2n) is 2.28. The van der Waals surface area contributed by atoms with Gasteiger partial charge in [-0.3, -0.25) is 9.59 Å². The van der Waals surface area contributed by atoms with Gasteiger partial charge in [0.1, 0.15) is 12.0 Å². The highest BCUT2D eigenvalue weighted by Gasteiger charge is 1.98. The average molecular weight is 174 g/mol. The van der Waals surface area contributed by atoms with Crippen LogP contribution in [0.1, 0.15) is 15.9 Å². The number of hydrogen-bond acceptors (Lipinski definition) is 3. The lowest BCUT2D eigenvalue weighted by Crippen LogP contribution is -1.82. The van der Waals surface area contributed by atoms with Gasteiger partial charge < -0.3 is 5.11 Å². The van der Waals surface area contributed by atoms with Gasteiger partial charge in [-0.15, -0.1) is 0 Å². The van der Waals surface area contributed by atoms with E-state index < -0.39 is 0 Å². The van der Waals surface area contributed by atoms with Gasteiger partial charge in [0.05, 0.1) is 5.56 Å². The maximum atomic E-state index is 10.3. The van der Waals surface area contributed by atoms with Crippen molar-refractivity contribution in [2.24, 2.45) is 0 Å². The minimum atomic E-state index is -0.0417. The molecule has 13 heavy (non-hydrogen) atoms. The molecule has 0 bridgehead atoms. The van der Waals surface area contributed by atoms with Crippen LogP contribution in [0.4, 0.5) is 0 Å². The van der Waals surface area contributed by atoms with E-state index in [4.69, 9.17) is 0 Å². The number of aldehydes is 2. The molecular weight excluding hydrogens is 168 g/mol. The molecule has 1 aromatic rings. The standard InChI is InChI=1S/C10H6O3/c11-5-1-2-9-6-8(7-12)3-4-10(9)13/h3-7,13H. The number of rotatable bonds is 1. The topological polar surface area (TPSA) is 54.4 Å². The molecule has 0 aliphatic heterocycles. The van der Waals surface area contributed by atoms with Crippen molar-refractivity contribution in [3.8, 4) is 17.6 Å². The smallest absolute Gasteiger partial charge is 0.193 e. The monoisotopic (exact) mass is 174 g/mol. The lowest BCUT2D eigenvalue weighted by atomic mass is 10.1. The quantitative estimate of drug-likeness (QED) is 0.505. The first-order valence-corrected chi connectivity index (χ1v) is 3.51. The Bertz CT molecular complexity index is 396. The van der Waals surface area contributed by atoms with Crippen LogP contribution in [0.2, 0.25) is 0 Å². The second kappa shape index (κ2) is 4.07. The molecule has 0 aromatic heterocycles. The normalized spacial score (nSPS) is 8.31. The third-order valence-corrected chi connectivity index (χ3v) is 1.42. The molecule has 0 fully saturated rings. The minimum Gasteiger partial charge on any atom is -0.507 e. The molecular formula is C10H6O3. The van der Waals surface area contributed by atoms with Crippen molar-refractivity contribution in [3.63, 3.8) is 0 Å². The van der Waals surface area contributed by atoms with Crippen molar-refractivity contribution in [2.75, 3.05) is 0 Å². The van der Waals surface area contributed by atoms with Gasteiger partial charge in [0.2, 0.25) is 0 Å². The molecule has 0 spiro atoms. The summed E-state index contributed by atoms with van der Waals surface area (Å²) in [6.07, 6.45) is 1.07. The molecule has 0 atom stereocenters. The summed E-state index contributed by atoms with van der Waals surface area (Å²) >= 11 is 0. The third kappa shape index (κ3) is 2.17. The number of carbonyl (C=O) groups is 2. The minimum absolute atomic E-state index is 0.0417. The highest BCUT2D eigenvalue weighted by atomic mass is 16.3. The summed E-state index contributed by atoms with van der Waals surface area (Å²) in [4.78, 5) is 20.3. The molecule has 3 nitrogen and oxygen atoms in total. The van der Waals surface area contributed by atoms with Crippen LogP contribution in [0, 0.1) is 11.8 Å². The van der Waals surface area contributed by atoms with Gasteiger partial charge >= 0.3 is 0 Å². The molecule has 0 aliphatic rings. The van der Waals surface area contributed by atoms with Crippen LogP contribution in [-0.2, 0) is 4.79 Å². The molecule has 1 aromatic carbocycles. The van der Waals surface area contributed by atoms with Crippen LogP contribution in [0.25, 0.3) is 0 Å². The summed E-state index contributed by atoms with van der Waals surface area (Å²) in [5.74, 6) is 4.52. The predicted octanol–water partition coefficient (Wildman–Crippen LogP) is 0.755. The Morgan fingerprint density at radius 1 is 1.31 bits per heavy atom. The second-order valence-corrected chi connectivity index (χ2v) is 2.28. The molecule has 0 aliphatic carbocycles. The van der Waals surface area contributed by atoms with Gasteiger partial charge in [0, 0.05) is 5.56 Å². The van der Waals surface area contributed by atoms with Crippen LogP contribution in [-0.4, -0.2) is 17.7 Å². The molecule has 0 saturated carbocycles. The maximum absolute atomic E-state index is 10.3. The fraction of sp³-hybridized carbons (Fsp3) is 0. The van der Waals surface area contributed by atoms with Gasteiger partial charge in [0.25, 0.3) is 0 Å². The Labute approximate surface area is 75.0 Å². The Morgan fingerprint density at radius 2 is 2.08 bits per heavy atom. The first-order valence-electron chi connectivity index (χ1n) is 3.51. The maximum Gasteiger partial charge on any atom is 0.193 e. The van der Waals surface area contributed by atoms with Crippen LogP contribution in [0.15, 0.2) is 18.2 Å². The largest absolute Gasteiger partial charge is 0.507 e. The number of benzene rings is 1. The fourth-order valence-corrected chi connectivity index (χ4v) is 0.834. The molecule has 0 saturated heterocycles. The summed E-state index contributed by atoms with van der Waals surface area (Å²) in [5.41, 5.74) is 0.685. The SMILES string of the molecule is O=CC#Cc1cc(C=O)ccc1O. The van der Waals surface area contributed by atoms with E-state index in [-0.39, 0.29) is 11.3 Å². The Morgan fingerprint density at radius 3 is 2.69 bits per heavy atom. The van der Waals surface area contributed by atoms with Crippen molar-refractivity contribution < 1.29 is 14.7 Å². The molecule has 0 radical (unpaired) electrons. The molecule has 3 heteroatoms. The summed E-state index contributed by atoms with van der Waals surface area (Å²) in [6.45, 7) is 0. The van der Waals surface area contributed by atoms with E-state index in [2.05, 4.69) is 11.8 Å². The van der Waals surface area contributed by atoms with Crippen molar-refractivity contribution >= 4 is 12.6 Å². The first-order chi connectivity index (χ1) is 6.27. The van der Waals surface area contributed by atoms with Gasteiger partial charge in [-0.1, -0.05) is 5.92 Å². The lowest BCUT2D eigenvalue weighted by Gasteiger charge is -1.96. The zero-order valence-corrected chi connectivity index (χ0v) is 6.65. The fourth-order valence-electron chi connectivity index (χ4n) is 0.834. The molecule has 1 N–H and O–H groups in total. The van der Waals surface area contributed by atoms with Crippen molar-refractivity contribution in [1.29, 1.82) is 0 Å². The molecule has 0 unspecified atom stereocenters. The number of aromatic hydroxyl groups is 1. The molecule has 64 valence electrons. The molecule has 0 heterocycles. The van der Waals surface area contributed by atoms with E-state index in [0.717, 1.165) is 0 Å². The Hall–Kier alpha value is -2.08. The van der Waals surface area contributed by atoms with Crippen LogP contribution in [0.3, 0.4) is 0 Å². The lowest BCUT2D eigenvalue weighted by molar-refractivity contribution is -0.103. The van der Waals surface area contributed by atoms with E-state index in [0.29, 0.717) is 18.1 Å². The number of carbonyl (C=O) groups excluding carboxylic acids is 2. The van der Waals surface area contributed by atoms with Crippen LogP contribution < -0.4 is 0 Å². The van der Waals surface area contributed by atoms with E-state index >= 15 is 0 Å². The van der Waals surface area contributed by atoms with E-state index in [1.807, 2.05) is 0 Å².